The van der Waals surface area contributed by atoms with Gasteiger partial charge < -0.3 is 5.73 Å². The van der Waals surface area contributed by atoms with Gasteiger partial charge in [0.1, 0.15) is 4.90 Å². The predicted molar refractivity (Wildman–Crippen MR) is 82.4 cm³/mol. The van der Waals surface area contributed by atoms with Gasteiger partial charge in [0.25, 0.3) is 0 Å². The van der Waals surface area contributed by atoms with Gasteiger partial charge in [0.2, 0.25) is 10.0 Å². The number of benzene rings is 1. The maximum absolute atomic E-state index is 12.4. The lowest BCUT2D eigenvalue weighted by molar-refractivity contribution is 0.133. The van der Waals surface area contributed by atoms with Gasteiger partial charge in [-0.05, 0) is 49.3 Å². The number of nitrogens with one attached hydrogen (secondary N) is 1. The molecule has 20 heavy (non-hydrogen) atoms. The lowest BCUT2D eigenvalue weighted by atomic mass is 9.67. The summed E-state index contributed by atoms with van der Waals surface area (Å²) in [5, 5.41) is 0.211. The summed E-state index contributed by atoms with van der Waals surface area (Å²) in [5.41, 5.74) is 7.11. The van der Waals surface area contributed by atoms with Crippen molar-refractivity contribution in [3.63, 3.8) is 0 Å². The summed E-state index contributed by atoms with van der Waals surface area (Å²) in [7, 11) is -3.61. The maximum Gasteiger partial charge on any atom is 0.242 e. The molecule has 1 aliphatic rings. The molecule has 0 aliphatic heterocycles. The van der Waals surface area contributed by atoms with Crippen LogP contribution in [0, 0.1) is 12.3 Å². The first-order chi connectivity index (χ1) is 9.30. The van der Waals surface area contributed by atoms with Gasteiger partial charge in [-0.15, -0.1) is 0 Å². The van der Waals surface area contributed by atoms with Crippen LogP contribution in [0.15, 0.2) is 17.0 Å². The molecule has 1 aromatic rings. The molecule has 0 atom stereocenters. The minimum Gasteiger partial charge on any atom is -0.398 e. The molecule has 0 aromatic heterocycles. The van der Waals surface area contributed by atoms with Crippen molar-refractivity contribution in [3.8, 4) is 0 Å². The largest absolute Gasteiger partial charge is 0.398 e. The Morgan fingerprint density at radius 1 is 1.40 bits per heavy atom. The molecule has 4 nitrogen and oxygen atoms in total. The number of aryl methyl sites for hydroxylation is 1. The van der Waals surface area contributed by atoms with Crippen LogP contribution in [0.3, 0.4) is 0 Å². The molecule has 0 heterocycles. The van der Waals surface area contributed by atoms with Crippen LogP contribution in [0.1, 0.15) is 38.2 Å². The van der Waals surface area contributed by atoms with Gasteiger partial charge in [-0.25, -0.2) is 13.1 Å². The lowest BCUT2D eigenvalue weighted by Crippen LogP contribution is -2.41. The fourth-order valence-electron chi connectivity index (χ4n) is 2.53. The van der Waals surface area contributed by atoms with Gasteiger partial charge in [-0.3, -0.25) is 0 Å². The zero-order chi connectivity index (χ0) is 15.0. The third kappa shape index (κ3) is 2.95. The highest BCUT2D eigenvalue weighted by Gasteiger charge is 2.36. The minimum absolute atomic E-state index is 0.0628. The molecule has 3 N–H and O–H groups in total. The van der Waals surface area contributed by atoms with E-state index in [9.17, 15) is 8.42 Å². The van der Waals surface area contributed by atoms with Crippen molar-refractivity contribution < 1.29 is 8.42 Å². The van der Waals surface area contributed by atoms with Gasteiger partial charge in [-0.2, -0.15) is 0 Å². The molecular weight excluding hydrogens is 296 g/mol. The molecule has 112 valence electrons. The molecule has 0 spiro atoms. The van der Waals surface area contributed by atoms with Crippen LogP contribution < -0.4 is 10.5 Å². The summed E-state index contributed by atoms with van der Waals surface area (Å²) < 4.78 is 27.4. The summed E-state index contributed by atoms with van der Waals surface area (Å²) in [6, 6.07) is 3.02. The zero-order valence-electron chi connectivity index (χ0n) is 11.9. The van der Waals surface area contributed by atoms with Crippen molar-refractivity contribution in [3.05, 3.63) is 22.7 Å². The number of rotatable bonds is 5. The molecule has 0 bridgehead atoms. The van der Waals surface area contributed by atoms with Gasteiger partial charge >= 0.3 is 0 Å². The van der Waals surface area contributed by atoms with Crippen LogP contribution >= 0.6 is 11.6 Å². The van der Waals surface area contributed by atoms with E-state index in [-0.39, 0.29) is 15.3 Å². The number of halogens is 1. The second-order valence-corrected chi connectivity index (χ2v) is 7.81. The second kappa shape index (κ2) is 5.54. The highest BCUT2D eigenvalue weighted by atomic mass is 35.5. The Kier molecular flexibility index (Phi) is 4.33. The molecule has 1 fully saturated rings. The van der Waals surface area contributed by atoms with Crippen molar-refractivity contribution in [2.24, 2.45) is 5.41 Å². The third-order valence-electron chi connectivity index (χ3n) is 4.41. The summed E-state index contributed by atoms with van der Waals surface area (Å²) in [6.45, 7) is 4.37. The number of sulfonamides is 1. The quantitative estimate of drug-likeness (QED) is 0.820. The molecule has 0 radical (unpaired) electrons. The smallest absolute Gasteiger partial charge is 0.242 e. The molecule has 0 unspecified atom stereocenters. The SMILES string of the molecule is CCC1(CNS(=O)(=O)c2cc(N)c(C)cc2Cl)CCC1. The first-order valence-corrected chi connectivity index (χ1v) is 8.71. The fourth-order valence-corrected chi connectivity index (χ4v) is 4.30. The van der Waals surface area contributed by atoms with Crippen molar-refractivity contribution in [1.82, 2.24) is 4.72 Å². The van der Waals surface area contributed by atoms with Gasteiger partial charge in [0.15, 0.2) is 0 Å². The lowest BCUT2D eigenvalue weighted by Gasteiger charge is -2.41. The normalized spacial score (nSPS) is 17.8. The average Bonchev–Trinajstić information content (AvgIpc) is 2.32. The van der Waals surface area contributed by atoms with Crippen LogP contribution in [0.2, 0.25) is 5.02 Å². The average molecular weight is 317 g/mol. The molecule has 1 saturated carbocycles. The molecule has 0 amide bonds. The fraction of sp³-hybridized carbons (Fsp3) is 0.571. The van der Waals surface area contributed by atoms with Crippen molar-refractivity contribution in [1.29, 1.82) is 0 Å². The Hall–Kier alpha value is -0.780. The maximum atomic E-state index is 12.4. The van der Waals surface area contributed by atoms with E-state index in [1.807, 2.05) is 0 Å². The monoisotopic (exact) mass is 316 g/mol. The Balaban J connectivity index is 2.20. The van der Waals surface area contributed by atoms with Crippen LogP contribution in [0.5, 0.6) is 0 Å². The Morgan fingerprint density at radius 2 is 2.05 bits per heavy atom. The van der Waals surface area contributed by atoms with Crippen molar-refractivity contribution in [2.75, 3.05) is 12.3 Å². The highest BCUT2D eigenvalue weighted by molar-refractivity contribution is 7.89. The Morgan fingerprint density at radius 3 is 2.55 bits per heavy atom. The van der Waals surface area contributed by atoms with E-state index < -0.39 is 10.0 Å². The standard InChI is InChI=1S/C14H21ClN2O2S/c1-3-14(5-4-6-14)9-17-20(18,19)13-8-12(16)10(2)7-11(13)15/h7-8,17H,3-6,9,16H2,1-2H3. The van der Waals surface area contributed by atoms with Gasteiger partial charge in [-0.1, -0.05) is 24.9 Å². The summed E-state index contributed by atoms with van der Waals surface area (Å²) in [4.78, 5) is 0.0628. The van der Waals surface area contributed by atoms with E-state index in [2.05, 4.69) is 11.6 Å². The van der Waals surface area contributed by atoms with Gasteiger partial charge in [0, 0.05) is 12.2 Å². The number of hydrogen-bond acceptors (Lipinski definition) is 3. The minimum atomic E-state index is -3.61. The van der Waals surface area contributed by atoms with Crippen LogP contribution in [0.4, 0.5) is 5.69 Å². The topological polar surface area (TPSA) is 72.2 Å². The van der Waals surface area contributed by atoms with Crippen LogP contribution in [-0.4, -0.2) is 15.0 Å². The molecule has 2 rings (SSSR count). The Bertz CT molecular complexity index is 604. The van der Waals surface area contributed by atoms with E-state index in [4.69, 9.17) is 17.3 Å². The summed E-state index contributed by atoms with van der Waals surface area (Å²) in [5.74, 6) is 0. The molecular formula is C14H21ClN2O2S. The molecule has 1 aliphatic carbocycles. The number of nitrogens with two attached hydrogens (primary N) is 1. The first kappa shape index (κ1) is 15.6. The number of anilines is 1. The molecule has 6 heteroatoms. The molecule has 1 aromatic carbocycles. The van der Waals surface area contributed by atoms with E-state index >= 15 is 0 Å². The Labute approximate surface area is 125 Å². The van der Waals surface area contributed by atoms with Gasteiger partial charge in [0.05, 0.1) is 5.02 Å². The third-order valence-corrected chi connectivity index (χ3v) is 6.28. The summed E-state index contributed by atoms with van der Waals surface area (Å²) >= 11 is 6.04. The van der Waals surface area contributed by atoms with E-state index in [0.29, 0.717) is 12.2 Å². The number of nitrogen functional groups attached to an aromatic ring is 1. The highest BCUT2D eigenvalue weighted by Crippen LogP contribution is 2.43. The summed E-state index contributed by atoms with van der Waals surface area (Å²) in [6.07, 6.45) is 4.32. The van der Waals surface area contributed by atoms with E-state index in [0.717, 1.165) is 24.8 Å². The first-order valence-electron chi connectivity index (χ1n) is 6.85. The predicted octanol–water partition coefficient (Wildman–Crippen LogP) is 3.09. The zero-order valence-corrected chi connectivity index (χ0v) is 13.4. The molecule has 0 saturated heterocycles. The van der Waals surface area contributed by atoms with E-state index in [1.54, 1.807) is 13.0 Å². The van der Waals surface area contributed by atoms with Crippen LogP contribution in [0.25, 0.3) is 0 Å². The van der Waals surface area contributed by atoms with E-state index in [1.165, 1.54) is 12.5 Å². The van der Waals surface area contributed by atoms with Crippen molar-refractivity contribution >= 4 is 27.3 Å². The second-order valence-electron chi connectivity index (χ2n) is 5.67. The number of hydrogen-bond donors (Lipinski definition) is 2. The van der Waals surface area contributed by atoms with Crippen LogP contribution in [-0.2, 0) is 10.0 Å². The van der Waals surface area contributed by atoms with Crippen molar-refractivity contribution in [2.45, 2.75) is 44.4 Å².